The molecule has 0 aliphatic carbocycles. The van der Waals surface area contributed by atoms with Crippen LogP contribution in [0.2, 0.25) is 0 Å². The zero-order chi connectivity index (χ0) is 13.9. The van der Waals surface area contributed by atoms with Gasteiger partial charge in [0.1, 0.15) is 5.82 Å². The van der Waals surface area contributed by atoms with Gasteiger partial charge in [0, 0.05) is 6.04 Å². The van der Waals surface area contributed by atoms with E-state index in [0.29, 0.717) is 12.0 Å². The summed E-state index contributed by atoms with van der Waals surface area (Å²) in [6, 6.07) is 3.89. The maximum absolute atomic E-state index is 13.3. The van der Waals surface area contributed by atoms with Crippen molar-refractivity contribution in [3.05, 3.63) is 29.6 Å². The van der Waals surface area contributed by atoms with E-state index in [0.717, 1.165) is 18.7 Å². The first-order valence-electron chi connectivity index (χ1n) is 6.29. The van der Waals surface area contributed by atoms with Crippen molar-refractivity contribution in [1.29, 1.82) is 0 Å². The molecule has 3 nitrogen and oxygen atoms in total. The summed E-state index contributed by atoms with van der Waals surface area (Å²) in [5.74, 6) is 0.812. The van der Waals surface area contributed by atoms with Gasteiger partial charge in [-0.25, -0.2) is 12.8 Å². The van der Waals surface area contributed by atoms with E-state index in [4.69, 9.17) is 0 Å². The van der Waals surface area contributed by atoms with Crippen LogP contribution in [0.15, 0.2) is 23.1 Å². The minimum atomic E-state index is -3.24. The first-order chi connectivity index (χ1) is 9.04. The Morgan fingerprint density at radius 3 is 3.00 bits per heavy atom. The molecular formula is C13H18FNO2S2. The number of hydrogen-bond donors (Lipinski definition) is 1. The minimum absolute atomic E-state index is 0.0592. The fourth-order valence-electron chi connectivity index (χ4n) is 2.32. The Morgan fingerprint density at radius 1 is 1.47 bits per heavy atom. The molecule has 0 aromatic heterocycles. The van der Waals surface area contributed by atoms with Gasteiger partial charge in [-0.1, -0.05) is 0 Å². The first kappa shape index (κ1) is 14.8. The SMILES string of the molecule is CSCCCNC1CCS(=O)(=O)c2ccc(F)cc21. The Labute approximate surface area is 117 Å². The van der Waals surface area contributed by atoms with Crippen LogP contribution in [0.3, 0.4) is 0 Å². The van der Waals surface area contributed by atoms with Gasteiger partial charge in [-0.3, -0.25) is 0 Å². The van der Waals surface area contributed by atoms with Crippen LogP contribution in [-0.2, 0) is 9.84 Å². The second kappa shape index (κ2) is 6.24. The number of nitrogens with one attached hydrogen (secondary N) is 1. The topological polar surface area (TPSA) is 46.2 Å². The van der Waals surface area contributed by atoms with Crippen LogP contribution in [0.5, 0.6) is 0 Å². The lowest BCUT2D eigenvalue weighted by atomic mass is 10.0. The normalized spacial score (nSPS) is 21.1. The standard InChI is InChI=1S/C13H18FNO2S2/c1-18-7-2-6-15-12-5-8-19(16,17)13-4-3-10(14)9-11(12)13/h3-4,9,12,15H,2,5-8H2,1H3. The highest BCUT2D eigenvalue weighted by Gasteiger charge is 2.30. The van der Waals surface area contributed by atoms with Crippen molar-refractivity contribution in [3.63, 3.8) is 0 Å². The second-order valence-corrected chi connectivity index (χ2v) is 7.71. The summed E-state index contributed by atoms with van der Waals surface area (Å²) in [5, 5.41) is 3.33. The van der Waals surface area contributed by atoms with Crippen LogP contribution in [0.25, 0.3) is 0 Å². The monoisotopic (exact) mass is 303 g/mol. The number of hydrogen-bond acceptors (Lipinski definition) is 4. The minimum Gasteiger partial charge on any atom is -0.310 e. The smallest absolute Gasteiger partial charge is 0.178 e. The molecule has 1 aliphatic rings. The Bertz CT molecular complexity index is 546. The largest absolute Gasteiger partial charge is 0.310 e. The summed E-state index contributed by atoms with van der Waals surface area (Å²) in [4.78, 5) is 0.280. The van der Waals surface area contributed by atoms with E-state index in [-0.39, 0.29) is 22.5 Å². The maximum Gasteiger partial charge on any atom is 0.178 e. The molecule has 1 aliphatic heterocycles. The predicted octanol–water partition coefficient (Wildman–Crippen LogP) is 2.39. The van der Waals surface area contributed by atoms with Crippen molar-refractivity contribution in [2.75, 3.05) is 24.3 Å². The van der Waals surface area contributed by atoms with Crippen molar-refractivity contribution in [2.45, 2.75) is 23.8 Å². The fraction of sp³-hybridized carbons (Fsp3) is 0.538. The summed E-state index contributed by atoms with van der Waals surface area (Å²) in [5.41, 5.74) is 0.579. The lowest BCUT2D eigenvalue weighted by Gasteiger charge is -2.26. The molecule has 1 aromatic carbocycles. The third kappa shape index (κ3) is 3.49. The fourth-order valence-corrected chi connectivity index (χ4v) is 4.35. The third-order valence-corrected chi connectivity index (χ3v) is 5.79. The summed E-state index contributed by atoms with van der Waals surface area (Å²) in [7, 11) is -3.24. The van der Waals surface area contributed by atoms with Gasteiger partial charge in [-0.05, 0) is 55.2 Å². The van der Waals surface area contributed by atoms with Crippen molar-refractivity contribution >= 4 is 21.6 Å². The number of thioether (sulfide) groups is 1. The van der Waals surface area contributed by atoms with Gasteiger partial charge in [-0.15, -0.1) is 0 Å². The van der Waals surface area contributed by atoms with Crippen LogP contribution >= 0.6 is 11.8 Å². The maximum atomic E-state index is 13.3. The molecule has 0 spiro atoms. The Balaban J connectivity index is 2.18. The van der Waals surface area contributed by atoms with Crippen LogP contribution < -0.4 is 5.32 Å². The summed E-state index contributed by atoms with van der Waals surface area (Å²) in [6.07, 6.45) is 3.59. The lowest BCUT2D eigenvalue weighted by Crippen LogP contribution is -2.30. The lowest BCUT2D eigenvalue weighted by molar-refractivity contribution is 0.488. The molecule has 1 atom stereocenters. The quantitative estimate of drug-likeness (QED) is 0.670. The summed E-state index contributed by atoms with van der Waals surface area (Å²) in [6.45, 7) is 0.821. The van der Waals surface area contributed by atoms with Gasteiger partial charge in [0.2, 0.25) is 0 Å². The molecule has 1 N–H and O–H groups in total. The van der Waals surface area contributed by atoms with Crippen LogP contribution in [0.1, 0.15) is 24.4 Å². The third-order valence-electron chi connectivity index (χ3n) is 3.27. The number of rotatable bonds is 5. The van der Waals surface area contributed by atoms with Crippen molar-refractivity contribution in [2.24, 2.45) is 0 Å². The van der Waals surface area contributed by atoms with Gasteiger partial charge in [0.15, 0.2) is 9.84 Å². The molecular weight excluding hydrogens is 285 g/mol. The van der Waals surface area contributed by atoms with Gasteiger partial charge in [-0.2, -0.15) is 11.8 Å². The molecule has 0 radical (unpaired) electrons. The molecule has 0 saturated heterocycles. The zero-order valence-electron chi connectivity index (χ0n) is 10.9. The second-order valence-electron chi connectivity index (χ2n) is 4.64. The number of fused-ring (bicyclic) bond motifs is 1. The van der Waals surface area contributed by atoms with E-state index < -0.39 is 9.84 Å². The summed E-state index contributed by atoms with van der Waals surface area (Å²) >= 11 is 1.78. The first-order valence-corrected chi connectivity index (χ1v) is 9.34. The van der Waals surface area contributed by atoms with Gasteiger partial charge >= 0.3 is 0 Å². The predicted molar refractivity (Wildman–Crippen MR) is 76.8 cm³/mol. The highest BCUT2D eigenvalue weighted by Crippen LogP contribution is 2.32. The van der Waals surface area contributed by atoms with E-state index >= 15 is 0 Å². The highest BCUT2D eigenvalue weighted by molar-refractivity contribution is 7.98. The molecule has 0 bridgehead atoms. The molecule has 106 valence electrons. The van der Waals surface area contributed by atoms with Crippen LogP contribution in [0, 0.1) is 5.82 Å². The molecule has 0 saturated carbocycles. The van der Waals surface area contributed by atoms with Crippen molar-refractivity contribution in [1.82, 2.24) is 5.32 Å². The van der Waals surface area contributed by atoms with Gasteiger partial charge in [0.25, 0.3) is 0 Å². The molecule has 0 amide bonds. The zero-order valence-corrected chi connectivity index (χ0v) is 12.5. The molecule has 6 heteroatoms. The van der Waals surface area contributed by atoms with Gasteiger partial charge < -0.3 is 5.32 Å². The Morgan fingerprint density at radius 2 is 2.26 bits per heavy atom. The van der Waals surface area contributed by atoms with Crippen molar-refractivity contribution in [3.8, 4) is 0 Å². The average molecular weight is 303 g/mol. The molecule has 2 rings (SSSR count). The van der Waals surface area contributed by atoms with Crippen molar-refractivity contribution < 1.29 is 12.8 Å². The van der Waals surface area contributed by atoms with Crippen LogP contribution in [-0.4, -0.2) is 32.7 Å². The molecule has 1 aromatic rings. The van der Waals surface area contributed by atoms with E-state index in [1.807, 2.05) is 0 Å². The number of halogens is 1. The van der Waals surface area contributed by atoms with E-state index in [1.165, 1.54) is 18.2 Å². The molecule has 1 unspecified atom stereocenters. The molecule has 19 heavy (non-hydrogen) atoms. The summed E-state index contributed by atoms with van der Waals surface area (Å²) < 4.78 is 37.2. The Kier molecular flexibility index (Phi) is 4.86. The number of benzene rings is 1. The molecule has 1 heterocycles. The Hall–Kier alpha value is -0.590. The highest BCUT2D eigenvalue weighted by atomic mass is 32.2. The average Bonchev–Trinajstić information content (AvgIpc) is 2.36. The van der Waals surface area contributed by atoms with E-state index in [9.17, 15) is 12.8 Å². The van der Waals surface area contributed by atoms with E-state index in [2.05, 4.69) is 11.6 Å². The molecule has 0 fully saturated rings. The number of sulfone groups is 1. The van der Waals surface area contributed by atoms with E-state index in [1.54, 1.807) is 11.8 Å². The van der Waals surface area contributed by atoms with Crippen LogP contribution in [0.4, 0.5) is 4.39 Å². The van der Waals surface area contributed by atoms with Gasteiger partial charge in [0.05, 0.1) is 10.6 Å².